The number of nitrogens with one attached hydrogen (secondary N) is 2. The second-order valence-corrected chi connectivity index (χ2v) is 6.04. The van der Waals surface area contributed by atoms with E-state index in [0.717, 1.165) is 35.6 Å². The largest absolute Gasteiger partial charge is 0.497 e. The van der Waals surface area contributed by atoms with Crippen molar-refractivity contribution in [3.8, 4) is 5.75 Å². The van der Waals surface area contributed by atoms with E-state index in [-0.39, 0.29) is 11.4 Å². The lowest BCUT2D eigenvalue weighted by molar-refractivity contribution is 0.102. The maximum Gasteiger partial charge on any atom is 0.274 e. The molecule has 0 saturated heterocycles. The van der Waals surface area contributed by atoms with E-state index < -0.39 is 17.5 Å². The zero-order chi connectivity index (χ0) is 19.9. The van der Waals surface area contributed by atoms with Crippen LogP contribution in [0.4, 0.5) is 20.2 Å². The van der Waals surface area contributed by atoms with Gasteiger partial charge in [-0.05, 0) is 48.4 Å². The molecule has 0 fully saturated rings. The molecule has 5 nitrogen and oxygen atoms in total. The number of hydrogen-bond donors (Lipinski definition) is 2. The highest BCUT2D eigenvalue weighted by Gasteiger charge is 2.10. The second kappa shape index (κ2) is 8.94. The number of benzene rings is 2. The van der Waals surface area contributed by atoms with Crippen molar-refractivity contribution in [3.63, 3.8) is 0 Å². The molecule has 0 unspecified atom stereocenters. The summed E-state index contributed by atoms with van der Waals surface area (Å²) in [5, 5.41) is 5.74. The summed E-state index contributed by atoms with van der Waals surface area (Å²) in [6.07, 6.45) is 2.30. The third-order valence-electron chi connectivity index (χ3n) is 4.07. The molecule has 0 atom stereocenters. The monoisotopic (exact) mass is 383 g/mol. The molecule has 144 valence electrons. The molecule has 2 aromatic carbocycles. The molecule has 7 heteroatoms. The van der Waals surface area contributed by atoms with Crippen LogP contribution in [0.3, 0.4) is 0 Å². The van der Waals surface area contributed by atoms with E-state index in [1.54, 1.807) is 19.2 Å². The number of methoxy groups -OCH3 is 1. The minimum absolute atomic E-state index is 0.156. The van der Waals surface area contributed by atoms with Gasteiger partial charge in [0.05, 0.1) is 7.11 Å². The van der Waals surface area contributed by atoms with Crippen molar-refractivity contribution in [2.45, 2.75) is 6.42 Å². The lowest BCUT2D eigenvalue weighted by atomic mass is 10.1. The summed E-state index contributed by atoms with van der Waals surface area (Å²) in [6.45, 7) is 0.667. The number of halogens is 2. The van der Waals surface area contributed by atoms with Gasteiger partial charge in [-0.15, -0.1) is 0 Å². The maximum atomic E-state index is 13.3. The maximum absolute atomic E-state index is 13.3. The molecule has 2 N–H and O–H groups in total. The van der Waals surface area contributed by atoms with E-state index in [1.807, 2.05) is 24.3 Å². The Morgan fingerprint density at radius 3 is 2.50 bits per heavy atom. The Morgan fingerprint density at radius 1 is 1.00 bits per heavy atom. The molecule has 3 rings (SSSR count). The third kappa shape index (κ3) is 5.03. The van der Waals surface area contributed by atoms with Crippen molar-refractivity contribution in [1.29, 1.82) is 0 Å². The summed E-state index contributed by atoms with van der Waals surface area (Å²) < 4.78 is 31.4. The molecule has 3 aromatic rings. The van der Waals surface area contributed by atoms with Crippen LogP contribution >= 0.6 is 0 Å². The lowest BCUT2D eigenvalue weighted by Gasteiger charge is -2.09. The fourth-order valence-electron chi connectivity index (χ4n) is 2.58. The molecule has 1 aromatic heterocycles. The highest BCUT2D eigenvalue weighted by molar-refractivity contribution is 6.03. The van der Waals surface area contributed by atoms with Crippen molar-refractivity contribution in [2.24, 2.45) is 0 Å². The number of carbonyl (C=O) groups excluding carboxylic acids is 1. The van der Waals surface area contributed by atoms with Gasteiger partial charge in [0.2, 0.25) is 0 Å². The highest BCUT2D eigenvalue weighted by Crippen LogP contribution is 2.16. The van der Waals surface area contributed by atoms with E-state index in [2.05, 4.69) is 15.6 Å². The Bertz CT molecular complexity index is 962. The number of carbonyl (C=O) groups is 1. The Kier molecular flexibility index (Phi) is 6.16. The van der Waals surface area contributed by atoms with Crippen LogP contribution in [-0.2, 0) is 6.42 Å². The van der Waals surface area contributed by atoms with E-state index >= 15 is 0 Å². The molecule has 1 amide bonds. The van der Waals surface area contributed by atoms with Gasteiger partial charge >= 0.3 is 0 Å². The number of nitrogens with zero attached hydrogens (tertiary/aromatic N) is 1. The molecule has 0 aliphatic rings. The standard InChI is InChI=1S/C21H19F2N3O2/c1-28-17-5-2-14(3-6-17)8-10-24-15-9-11-25-20(13-15)21(27)26-16-4-7-18(22)19(23)12-16/h2-7,9,11-13H,8,10H2,1H3,(H,24,25)(H,26,27). The van der Waals surface area contributed by atoms with Crippen LogP contribution < -0.4 is 15.4 Å². The zero-order valence-corrected chi connectivity index (χ0v) is 15.2. The van der Waals surface area contributed by atoms with Crippen molar-refractivity contribution in [3.05, 3.63) is 83.7 Å². The van der Waals surface area contributed by atoms with Crippen LogP contribution in [0, 0.1) is 11.6 Å². The van der Waals surface area contributed by atoms with Crippen molar-refractivity contribution in [1.82, 2.24) is 4.98 Å². The minimum atomic E-state index is -1.03. The van der Waals surface area contributed by atoms with Crippen LogP contribution in [0.25, 0.3) is 0 Å². The van der Waals surface area contributed by atoms with E-state index in [0.29, 0.717) is 6.54 Å². The number of aromatic nitrogens is 1. The van der Waals surface area contributed by atoms with Crippen molar-refractivity contribution < 1.29 is 18.3 Å². The topological polar surface area (TPSA) is 63.2 Å². The SMILES string of the molecule is COc1ccc(CCNc2ccnc(C(=O)Nc3ccc(F)c(F)c3)c2)cc1. The van der Waals surface area contributed by atoms with Gasteiger partial charge in [0.1, 0.15) is 11.4 Å². The van der Waals surface area contributed by atoms with Crippen LogP contribution in [0.2, 0.25) is 0 Å². The molecule has 1 heterocycles. The summed E-state index contributed by atoms with van der Waals surface area (Å²) in [5.74, 6) is -1.70. The minimum Gasteiger partial charge on any atom is -0.497 e. The first-order chi connectivity index (χ1) is 13.5. The number of hydrogen-bond acceptors (Lipinski definition) is 4. The first-order valence-corrected chi connectivity index (χ1v) is 8.64. The molecule has 0 aliphatic carbocycles. The molecule has 0 radical (unpaired) electrons. The quantitative estimate of drug-likeness (QED) is 0.639. The van der Waals surface area contributed by atoms with Crippen molar-refractivity contribution >= 4 is 17.3 Å². The van der Waals surface area contributed by atoms with E-state index in [9.17, 15) is 13.6 Å². The summed E-state index contributed by atoms with van der Waals surface area (Å²) in [7, 11) is 1.63. The van der Waals surface area contributed by atoms with Crippen LogP contribution in [0.5, 0.6) is 5.75 Å². The molecular weight excluding hydrogens is 364 g/mol. The van der Waals surface area contributed by atoms with Gasteiger partial charge in [-0.2, -0.15) is 0 Å². The normalized spacial score (nSPS) is 10.4. The summed E-state index contributed by atoms with van der Waals surface area (Å²) in [6, 6.07) is 14.3. The molecule has 0 bridgehead atoms. The average molecular weight is 383 g/mol. The van der Waals surface area contributed by atoms with Gasteiger partial charge in [0.15, 0.2) is 11.6 Å². The number of ether oxygens (including phenoxy) is 1. The number of rotatable bonds is 7. The van der Waals surface area contributed by atoms with Gasteiger partial charge in [0.25, 0.3) is 5.91 Å². The van der Waals surface area contributed by atoms with Gasteiger partial charge in [-0.25, -0.2) is 8.78 Å². The van der Waals surface area contributed by atoms with Crippen LogP contribution in [-0.4, -0.2) is 24.5 Å². The zero-order valence-electron chi connectivity index (χ0n) is 15.2. The van der Waals surface area contributed by atoms with Gasteiger partial charge in [-0.1, -0.05) is 12.1 Å². The summed E-state index contributed by atoms with van der Waals surface area (Å²) in [5.41, 5.74) is 2.21. The van der Waals surface area contributed by atoms with Crippen LogP contribution in [0.1, 0.15) is 16.1 Å². The second-order valence-electron chi connectivity index (χ2n) is 6.04. The smallest absolute Gasteiger partial charge is 0.274 e. The third-order valence-corrected chi connectivity index (χ3v) is 4.07. The first kappa shape index (κ1) is 19.3. The predicted octanol–water partition coefficient (Wildman–Crippen LogP) is 4.28. The summed E-state index contributed by atoms with van der Waals surface area (Å²) in [4.78, 5) is 16.3. The van der Waals surface area contributed by atoms with Crippen molar-refractivity contribution in [2.75, 3.05) is 24.3 Å². The predicted molar refractivity (Wildman–Crippen MR) is 104 cm³/mol. The number of amides is 1. The summed E-state index contributed by atoms with van der Waals surface area (Å²) >= 11 is 0. The fraction of sp³-hybridized carbons (Fsp3) is 0.143. The van der Waals surface area contributed by atoms with Gasteiger partial charge < -0.3 is 15.4 Å². The Hall–Kier alpha value is -3.48. The molecule has 0 saturated carbocycles. The molecule has 0 aliphatic heterocycles. The van der Waals surface area contributed by atoms with E-state index in [1.165, 1.54) is 12.3 Å². The van der Waals surface area contributed by atoms with Gasteiger partial charge in [0, 0.05) is 30.2 Å². The first-order valence-electron chi connectivity index (χ1n) is 8.64. The lowest BCUT2D eigenvalue weighted by Crippen LogP contribution is -2.14. The fourth-order valence-corrected chi connectivity index (χ4v) is 2.58. The van der Waals surface area contributed by atoms with Crippen LogP contribution in [0.15, 0.2) is 60.8 Å². The number of pyridine rings is 1. The molecular formula is C21H19F2N3O2. The van der Waals surface area contributed by atoms with Gasteiger partial charge in [-0.3, -0.25) is 9.78 Å². The van der Waals surface area contributed by atoms with E-state index in [4.69, 9.17) is 4.74 Å². The Labute approximate surface area is 161 Å². The Morgan fingerprint density at radius 2 is 1.79 bits per heavy atom. The highest BCUT2D eigenvalue weighted by atomic mass is 19.2. The average Bonchev–Trinajstić information content (AvgIpc) is 2.71. The number of anilines is 2. The Balaban J connectivity index is 1.58. The molecule has 28 heavy (non-hydrogen) atoms. The molecule has 0 spiro atoms.